The number of thiol groups is 1. The maximum Gasteiger partial charge on any atom is 1.00 e. The standard InChI is InChI=1S/CHNS.FH.Na/c2-1-3;;/h3H;1H;/q;;+1/p-1. The van der Waals surface area contributed by atoms with E-state index in [2.05, 4.69) is 12.6 Å². The zero-order valence-electron chi connectivity index (χ0n) is 2.77. The Morgan fingerprint density at radius 3 is 1.60 bits per heavy atom. The molecule has 0 aromatic rings. The van der Waals surface area contributed by atoms with Gasteiger partial charge in [0.2, 0.25) is 0 Å². The van der Waals surface area contributed by atoms with Crippen molar-refractivity contribution >= 4 is 12.6 Å². The Morgan fingerprint density at radius 1 is 1.60 bits per heavy atom. The summed E-state index contributed by atoms with van der Waals surface area (Å²) in [7, 11) is 0. The van der Waals surface area contributed by atoms with Gasteiger partial charge in [0.15, 0.2) is 0 Å². The van der Waals surface area contributed by atoms with Crippen LogP contribution in [0.2, 0.25) is 0 Å². The van der Waals surface area contributed by atoms with Gasteiger partial charge in [-0.3, -0.25) is 0 Å². The van der Waals surface area contributed by atoms with E-state index in [1.807, 2.05) is 0 Å². The molecule has 1 nitrogen and oxygen atoms in total. The third-order valence-electron chi connectivity index (χ3n) is 0. The number of nitrogens with zero attached hydrogens (tertiary/aromatic N) is 1. The molecule has 0 unspecified atom stereocenters. The van der Waals surface area contributed by atoms with Crippen molar-refractivity contribution in [3.05, 3.63) is 0 Å². The summed E-state index contributed by atoms with van der Waals surface area (Å²) in [6.07, 6.45) is 0. The minimum Gasteiger partial charge on any atom is -1.00 e. The maximum absolute atomic E-state index is 7.18. The molecule has 0 aliphatic carbocycles. The van der Waals surface area contributed by atoms with Crippen LogP contribution in [0.4, 0.5) is 0 Å². The molecule has 0 radical (unpaired) electrons. The van der Waals surface area contributed by atoms with Gasteiger partial charge in [-0.05, 0) is 0 Å². The fourth-order valence-corrected chi connectivity index (χ4v) is 0. The number of hydrogen-bond acceptors (Lipinski definition) is 2. The molecule has 0 N–H and O–H groups in total. The Kier molecular flexibility index (Phi) is 74.1. The summed E-state index contributed by atoms with van der Waals surface area (Å²) in [6.45, 7) is 0. The molecule has 0 aliphatic rings. The SMILES string of the molecule is N#CS.[F-].[Na+]. The summed E-state index contributed by atoms with van der Waals surface area (Å²) < 4.78 is 0. The fourth-order valence-electron chi connectivity index (χ4n) is 0. The van der Waals surface area contributed by atoms with Crippen LogP contribution in [0.15, 0.2) is 0 Å². The van der Waals surface area contributed by atoms with Crippen LogP contribution >= 0.6 is 12.6 Å². The van der Waals surface area contributed by atoms with Gasteiger partial charge in [0, 0.05) is 0 Å². The fraction of sp³-hybridized carbons (Fsp3) is 0. The molecule has 0 amide bonds. The second-order valence-electron chi connectivity index (χ2n) is 0.100. The van der Waals surface area contributed by atoms with E-state index in [-0.39, 0.29) is 34.3 Å². The Labute approximate surface area is 57.4 Å². The third-order valence-corrected chi connectivity index (χ3v) is 0. The Hall–Kier alpha value is 0.770. The third kappa shape index (κ3) is 61.7. The first-order valence-electron chi connectivity index (χ1n) is 0.447. The molecule has 0 aromatic carbocycles. The summed E-state index contributed by atoms with van der Waals surface area (Å²) in [5.41, 5.74) is 0. The van der Waals surface area contributed by atoms with E-state index in [1.54, 1.807) is 0 Å². The zero-order chi connectivity index (χ0) is 2.71. The van der Waals surface area contributed by atoms with Gasteiger partial charge < -0.3 is 4.70 Å². The monoisotopic (exact) mass is 101 g/mol. The summed E-state index contributed by atoms with van der Waals surface area (Å²) in [5.74, 6) is 0. The van der Waals surface area contributed by atoms with Gasteiger partial charge in [-0.1, -0.05) is 12.6 Å². The van der Waals surface area contributed by atoms with E-state index in [0.29, 0.717) is 0 Å². The number of hydrogen-bond donors (Lipinski definition) is 1. The van der Waals surface area contributed by atoms with Gasteiger partial charge in [-0.15, -0.1) is 0 Å². The van der Waals surface area contributed by atoms with E-state index in [9.17, 15) is 0 Å². The smallest absolute Gasteiger partial charge is 1.00 e. The van der Waals surface area contributed by atoms with E-state index >= 15 is 0 Å². The molecule has 0 aromatic heterocycles. The second-order valence-corrected chi connectivity index (χ2v) is 0.300. The van der Waals surface area contributed by atoms with E-state index in [0.717, 1.165) is 0 Å². The van der Waals surface area contributed by atoms with Crippen molar-refractivity contribution in [2.45, 2.75) is 0 Å². The van der Waals surface area contributed by atoms with Crippen molar-refractivity contribution in [2.24, 2.45) is 0 Å². The Morgan fingerprint density at radius 2 is 1.60 bits per heavy atom. The van der Waals surface area contributed by atoms with Gasteiger partial charge in [-0.2, -0.15) is 5.26 Å². The van der Waals surface area contributed by atoms with Crippen LogP contribution in [0.1, 0.15) is 0 Å². The Balaban J connectivity index is -0.0000000200. The molecule has 0 aliphatic heterocycles. The maximum atomic E-state index is 7.18. The zero-order valence-corrected chi connectivity index (χ0v) is 5.67. The molecule has 4 heteroatoms. The summed E-state index contributed by atoms with van der Waals surface area (Å²) in [6, 6.07) is 0. The van der Waals surface area contributed by atoms with Crippen molar-refractivity contribution < 1.29 is 34.3 Å². The largest absolute Gasteiger partial charge is 1.00 e. The molecule has 0 fully saturated rings. The minimum atomic E-state index is 0. The first-order valence-corrected chi connectivity index (χ1v) is 0.894. The van der Waals surface area contributed by atoms with Crippen molar-refractivity contribution in [1.29, 1.82) is 5.26 Å². The van der Waals surface area contributed by atoms with Crippen molar-refractivity contribution in [1.82, 2.24) is 0 Å². The molecule has 0 bridgehead atoms. The predicted octanol–water partition coefficient (Wildman–Crippen LogP) is -5.59. The van der Waals surface area contributed by atoms with Crippen LogP contribution in [0.25, 0.3) is 0 Å². The van der Waals surface area contributed by atoms with E-state index < -0.39 is 0 Å². The molecule has 0 atom stereocenters. The van der Waals surface area contributed by atoms with Crippen LogP contribution in [-0.2, 0) is 0 Å². The quantitative estimate of drug-likeness (QED) is 0.183. The van der Waals surface area contributed by atoms with Crippen molar-refractivity contribution in [3.8, 4) is 5.40 Å². The van der Waals surface area contributed by atoms with Gasteiger partial charge in [0.25, 0.3) is 0 Å². The van der Waals surface area contributed by atoms with Crippen LogP contribution in [0.5, 0.6) is 0 Å². The average molecular weight is 101 g/mol. The van der Waals surface area contributed by atoms with Crippen molar-refractivity contribution in [3.63, 3.8) is 0 Å². The number of rotatable bonds is 0. The molecule has 0 saturated carbocycles. The molecular weight excluding hydrogens is 100 g/mol. The topological polar surface area (TPSA) is 23.8 Å². The molecule has 0 saturated heterocycles. The number of thiocyanates is 1. The van der Waals surface area contributed by atoms with Crippen LogP contribution < -0.4 is 34.3 Å². The minimum absolute atomic E-state index is 0. The number of nitriles is 1. The summed E-state index contributed by atoms with van der Waals surface area (Å²) in [4.78, 5) is 0. The molecule has 0 rings (SSSR count). The van der Waals surface area contributed by atoms with Crippen LogP contribution in [0, 0.1) is 10.7 Å². The first-order chi connectivity index (χ1) is 1.41. The van der Waals surface area contributed by atoms with Crippen LogP contribution in [0.3, 0.4) is 0 Å². The van der Waals surface area contributed by atoms with Gasteiger partial charge in [0.1, 0.15) is 5.40 Å². The molecule has 0 spiro atoms. The molecule has 0 heterocycles. The molecule has 5 heavy (non-hydrogen) atoms. The van der Waals surface area contributed by atoms with Gasteiger partial charge >= 0.3 is 29.6 Å². The Bertz CT molecular complexity index is 33.1. The second kappa shape index (κ2) is 21.6. The van der Waals surface area contributed by atoms with E-state index in [4.69, 9.17) is 5.26 Å². The number of halogens is 1. The van der Waals surface area contributed by atoms with Crippen molar-refractivity contribution in [2.75, 3.05) is 0 Å². The molecular formula is CHFNNaS. The molecule has 24 valence electrons. The average Bonchev–Trinajstić information content (AvgIpc) is 0.918. The van der Waals surface area contributed by atoms with Crippen LogP contribution in [-0.4, -0.2) is 0 Å². The normalized spacial score (nSPS) is 1.60. The van der Waals surface area contributed by atoms with Gasteiger partial charge in [-0.25, -0.2) is 0 Å². The van der Waals surface area contributed by atoms with E-state index in [1.165, 1.54) is 5.40 Å². The summed E-state index contributed by atoms with van der Waals surface area (Å²) in [5, 5.41) is 8.63. The first kappa shape index (κ1) is 17.1. The predicted molar refractivity (Wildman–Crippen MR) is 14.6 cm³/mol. The summed E-state index contributed by atoms with van der Waals surface area (Å²) >= 11 is 3.09. The van der Waals surface area contributed by atoms with Gasteiger partial charge in [0.05, 0.1) is 0 Å².